The van der Waals surface area contributed by atoms with Gasteiger partial charge in [-0.1, -0.05) is 6.07 Å². The number of hydrogen-bond acceptors (Lipinski definition) is 7. The van der Waals surface area contributed by atoms with Gasteiger partial charge in [-0.15, -0.1) is 11.8 Å². The van der Waals surface area contributed by atoms with E-state index in [4.69, 9.17) is 4.74 Å². The summed E-state index contributed by atoms with van der Waals surface area (Å²) in [6, 6.07) is 3.60. The Morgan fingerprint density at radius 2 is 1.86 bits per heavy atom. The van der Waals surface area contributed by atoms with Crippen molar-refractivity contribution in [1.29, 1.82) is 0 Å². The van der Waals surface area contributed by atoms with Crippen LogP contribution in [0.3, 0.4) is 0 Å². The van der Waals surface area contributed by atoms with E-state index in [9.17, 15) is 36.0 Å². The molecule has 1 unspecified atom stereocenters. The molecule has 1 heterocycles. The molecule has 0 saturated carbocycles. The van der Waals surface area contributed by atoms with E-state index in [1.807, 2.05) is 0 Å². The molecule has 208 valence electrons. The van der Waals surface area contributed by atoms with Crippen LogP contribution in [0.2, 0.25) is 0 Å². The van der Waals surface area contributed by atoms with E-state index >= 15 is 0 Å². The number of alkyl carbamates (subject to hydrolysis) is 1. The topological polar surface area (TPSA) is 134 Å². The Hall–Kier alpha value is -2.52. The highest BCUT2D eigenvalue weighted by Crippen LogP contribution is 2.21. The lowest BCUT2D eigenvalue weighted by molar-refractivity contribution is -0.167. The highest BCUT2D eigenvalue weighted by atomic mass is 32.2. The standard InChI is InChI=1S/C22H31F3N4O6S2/c1-21(2,3)35-20(32)28-17(18(30)29-11-12-36-14-29)9-4-5-10-26-37(33,34)16-8-6-7-15(13-16)27-19(31)22(23,24)25/h6-8,13,17,26H,4-5,9-12,14H2,1-3H3,(H,27,31)(H,28,32). The van der Waals surface area contributed by atoms with Crippen LogP contribution < -0.4 is 15.4 Å². The first-order valence-electron chi connectivity index (χ1n) is 11.4. The van der Waals surface area contributed by atoms with Gasteiger partial charge in [0.15, 0.2) is 0 Å². The van der Waals surface area contributed by atoms with Crippen LogP contribution in [0.15, 0.2) is 29.2 Å². The molecule has 10 nitrogen and oxygen atoms in total. The van der Waals surface area contributed by atoms with E-state index in [1.165, 1.54) is 12.1 Å². The summed E-state index contributed by atoms with van der Waals surface area (Å²) in [7, 11) is -4.07. The first-order chi connectivity index (χ1) is 17.1. The van der Waals surface area contributed by atoms with Gasteiger partial charge in [-0.2, -0.15) is 13.2 Å². The lowest BCUT2D eigenvalue weighted by Crippen LogP contribution is -2.49. The number of carbonyl (C=O) groups excluding carboxylic acids is 3. The summed E-state index contributed by atoms with van der Waals surface area (Å²) in [5.74, 6) is -1.14. The van der Waals surface area contributed by atoms with Gasteiger partial charge >= 0.3 is 18.2 Å². The van der Waals surface area contributed by atoms with Crippen molar-refractivity contribution in [1.82, 2.24) is 14.9 Å². The summed E-state index contributed by atoms with van der Waals surface area (Å²) in [6.07, 6.45) is -4.88. The molecule has 3 amide bonds. The number of anilines is 1. The van der Waals surface area contributed by atoms with Crippen LogP contribution in [0.5, 0.6) is 0 Å². The van der Waals surface area contributed by atoms with Gasteiger partial charge < -0.3 is 20.3 Å². The third kappa shape index (κ3) is 10.4. The van der Waals surface area contributed by atoms with Crippen molar-refractivity contribution in [2.24, 2.45) is 0 Å². The number of sulfonamides is 1. The number of benzene rings is 1. The summed E-state index contributed by atoms with van der Waals surface area (Å²) in [5.41, 5.74) is -1.06. The van der Waals surface area contributed by atoms with Crippen molar-refractivity contribution in [3.63, 3.8) is 0 Å². The van der Waals surface area contributed by atoms with E-state index < -0.39 is 39.8 Å². The molecular weight excluding hydrogens is 537 g/mol. The lowest BCUT2D eigenvalue weighted by Gasteiger charge is -2.26. The van der Waals surface area contributed by atoms with E-state index in [0.29, 0.717) is 25.3 Å². The maximum Gasteiger partial charge on any atom is 0.471 e. The van der Waals surface area contributed by atoms with Crippen LogP contribution in [0.25, 0.3) is 0 Å². The minimum absolute atomic E-state index is 0.0195. The third-order valence-electron chi connectivity index (χ3n) is 4.92. The fourth-order valence-corrected chi connectivity index (χ4v) is 5.30. The van der Waals surface area contributed by atoms with Gasteiger partial charge in [0, 0.05) is 24.5 Å². The monoisotopic (exact) mass is 568 g/mol. The summed E-state index contributed by atoms with van der Waals surface area (Å²) in [6.45, 7) is 5.65. The van der Waals surface area contributed by atoms with E-state index in [1.54, 1.807) is 42.7 Å². The summed E-state index contributed by atoms with van der Waals surface area (Å²) >= 11 is 1.60. The molecule has 1 fully saturated rings. The molecular formula is C22H31F3N4O6S2. The first-order valence-corrected chi connectivity index (χ1v) is 14.1. The number of ether oxygens (including phenoxy) is 1. The van der Waals surface area contributed by atoms with Crippen molar-refractivity contribution in [2.45, 2.75) is 62.7 Å². The van der Waals surface area contributed by atoms with Gasteiger partial charge in [-0.3, -0.25) is 9.59 Å². The molecule has 1 aliphatic rings. The second-order valence-corrected chi connectivity index (χ2v) is 12.1. The number of rotatable bonds is 10. The number of unbranched alkanes of at least 4 members (excludes halogenated alkanes) is 1. The Bertz CT molecular complexity index is 1070. The Morgan fingerprint density at radius 1 is 1.16 bits per heavy atom. The molecule has 2 rings (SSSR count). The summed E-state index contributed by atoms with van der Waals surface area (Å²) in [5, 5.41) is 4.21. The zero-order chi connectivity index (χ0) is 27.9. The third-order valence-corrected chi connectivity index (χ3v) is 7.35. The van der Waals surface area contributed by atoms with E-state index in [0.717, 1.165) is 17.9 Å². The van der Waals surface area contributed by atoms with E-state index in [-0.39, 0.29) is 29.5 Å². The number of amides is 3. The molecule has 0 spiro atoms. The molecule has 0 radical (unpaired) electrons. The second-order valence-electron chi connectivity index (χ2n) is 9.21. The average molecular weight is 569 g/mol. The SMILES string of the molecule is CC(C)(C)OC(=O)NC(CCCCNS(=O)(=O)c1cccc(NC(=O)C(F)(F)F)c1)C(=O)N1CCSC1. The molecule has 0 aliphatic carbocycles. The first kappa shape index (κ1) is 30.7. The Kier molecular flexibility index (Phi) is 10.6. The van der Waals surface area contributed by atoms with Gasteiger partial charge in [-0.05, 0) is 58.2 Å². The molecule has 15 heteroatoms. The van der Waals surface area contributed by atoms with Crippen LogP contribution in [-0.2, 0) is 24.3 Å². The summed E-state index contributed by atoms with van der Waals surface area (Å²) in [4.78, 5) is 37.5. The largest absolute Gasteiger partial charge is 0.471 e. The quantitative estimate of drug-likeness (QED) is 0.370. The van der Waals surface area contributed by atoms with Crippen molar-refractivity contribution >= 4 is 45.4 Å². The minimum Gasteiger partial charge on any atom is -0.444 e. The number of thioether (sulfide) groups is 1. The van der Waals surface area contributed by atoms with Crippen LogP contribution in [0.1, 0.15) is 40.0 Å². The van der Waals surface area contributed by atoms with Crippen molar-refractivity contribution < 1.29 is 40.7 Å². The minimum atomic E-state index is -5.11. The predicted octanol–water partition coefficient (Wildman–Crippen LogP) is 3.06. The van der Waals surface area contributed by atoms with Crippen LogP contribution in [-0.4, -0.2) is 73.8 Å². The van der Waals surface area contributed by atoms with Crippen molar-refractivity contribution in [2.75, 3.05) is 30.0 Å². The molecule has 1 aliphatic heterocycles. The fourth-order valence-electron chi connectivity index (χ4n) is 3.22. The Balaban J connectivity index is 1.92. The molecule has 0 aromatic heterocycles. The smallest absolute Gasteiger partial charge is 0.444 e. The molecule has 1 saturated heterocycles. The zero-order valence-electron chi connectivity index (χ0n) is 20.7. The number of hydrogen-bond donors (Lipinski definition) is 3. The number of carbonyl (C=O) groups is 3. The van der Waals surface area contributed by atoms with Gasteiger partial charge in [0.25, 0.3) is 0 Å². The average Bonchev–Trinajstić information content (AvgIpc) is 3.31. The van der Waals surface area contributed by atoms with Gasteiger partial charge in [0.2, 0.25) is 15.9 Å². The molecule has 1 aromatic rings. The highest BCUT2D eigenvalue weighted by molar-refractivity contribution is 7.99. The van der Waals surface area contributed by atoms with Crippen molar-refractivity contribution in [3.8, 4) is 0 Å². The van der Waals surface area contributed by atoms with Gasteiger partial charge in [0.05, 0.1) is 10.8 Å². The number of nitrogens with zero attached hydrogens (tertiary/aromatic N) is 1. The maximum atomic E-state index is 12.9. The molecule has 0 bridgehead atoms. The maximum absolute atomic E-state index is 12.9. The molecule has 37 heavy (non-hydrogen) atoms. The molecule has 1 atom stereocenters. The second kappa shape index (κ2) is 12.8. The number of halogens is 3. The van der Waals surface area contributed by atoms with Crippen molar-refractivity contribution in [3.05, 3.63) is 24.3 Å². The number of nitrogens with one attached hydrogen (secondary N) is 3. The summed E-state index contributed by atoms with van der Waals surface area (Å²) < 4.78 is 70.0. The fraction of sp³-hybridized carbons (Fsp3) is 0.591. The Morgan fingerprint density at radius 3 is 2.46 bits per heavy atom. The molecule has 3 N–H and O–H groups in total. The van der Waals surface area contributed by atoms with Crippen LogP contribution in [0, 0.1) is 0 Å². The normalized spacial score (nSPS) is 15.2. The van der Waals surface area contributed by atoms with Gasteiger partial charge in [0.1, 0.15) is 11.6 Å². The van der Waals surface area contributed by atoms with Crippen LogP contribution >= 0.6 is 11.8 Å². The predicted molar refractivity (Wildman–Crippen MR) is 132 cm³/mol. The lowest BCUT2D eigenvalue weighted by atomic mass is 10.1. The number of alkyl halides is 3. The van der Waals surface area contributed by atoms with E-state index in [2.05, 4.69) is 10.0 Å². The molecule has 1 aromatic carbocycles. The Labute approximate surface area is 218 Å². The highest BCUT2D eigenvalue weighted by Gasteiger charge is 2.38. The zero-order valence-corrected chi connectivity index (χ0v) is 22.3. The van der Waals surface area contributed by atoms with Crippen LogP contribution in [0.4, 0.5) is 23.7 Å². The van der Waals surface area contributed by atoms with Gasteiger partial charge in [-0.25, -0.2) is 17.9 Å².